The molecule has 3 saturated heterocycles. The Bertz CT molecular complexity index is 548. The van der Waals surface area contributed by atoms with Gasteiger partial charge in [0.1, 0.15) is 0 Å². The first kappa shape index (κ1) is 15.6. The summed E-state index contributed by atoms with van der Waals surface area (Å²) in [6.07, 6.45) is 6.16. The van der Waals surface area contributed by atoms with Gasteiger partial charge in [0.2, 0.25) is 5.79 Å². The van der Waals surface area contributed by atoms with E-state index in [1.807, 2.05) is 6.92 Å². The van der Waals surface area contributed by atoms with Crippen LogP contribution in [0.15, 0.2) is 30.3 Å². The fourth-order valence-corrected chi connectivity index (χ4v) is 4.65. The minimum atomic E-state index is -0.751. The molecule has 4 fully saturated rings. The van der Waals surface area contributed by atoms with Crippen LogP contribution in [0.2, 0.25) is 0 Å². The fraction of sp³-hybridized carbons (Fsp3) is 0.684. The van der Waals surface area contributed by atoms with Crippen LogP contribution in [-0.2, 0) is 25.7 Å². The molecule has 0 N–H and O–H groups in total. The third-order valence-electron chi connectivity index (χ3n) is 6.01. The fourth-order valence-electron chi connectivity index (χ4n) is 4.65. The largest absolute Gasteiger partial charge is 0.353 e. The predicted octanol–water partition coefficient (Wildman–Crippen LogP) is 3.85. The monoisotopic (exact) mass is 318 g/mol. The Kier molecular flexibility index (Phi) is 3.96. The van der Waals surface area contributed by atoms with Crippen LogP contribution in [0, 0.1) is 11.8 Å². The molecule has 4 nitrogen and oxygen atoms in total. The van der Waals surface area contributed by atoms with Gasteiger partial charge in [-0.15, -0.1) is 0 Å². The summed E-state index contributed by atoms with van der Waals surface area (Å²) in [5.41, 5.74) is 0.882. The van der Waals surface area contributed by atoms with Gasteiger partial charge in [-0.25, -0.2) is 9.78 Å². The molecule has 1 saturated carbocycles. The topological polar surface area (TPSA) is 36.9 Å². The van der Waals surface area contributed by atoms with Gasteiger partial charge in [-0.05, 0) is 44.1 Å². The molecule has 2 bridgehead atoms. The van der Waals surface area contributed by atoms with Crippen LogP contribution in [0.1, 0.15) is 44.6 Å². The average molecular weight is 318 g/mol. The molecule has 0 aromatic heterocycles. The second kappa shape index (κ2) is 5.85. The van der Waals surface area contributed by atoms with Crippen LogP contribution < -0.4 is 0 Å². The normalized spacial score (nSPS) is 43.0. The van der Waals surface area contributed by atoms with E-state index in [0.717, 1.165) is 32.1 Å². The lowest BCUT2D eigenvalue weighted by molar-refractivity contribution is -0.553. The van der Waals surface area contributed by atoms with E-state index in [-0.39, 0.29) is 12.2 Å². The zero-order chi connectivity index (χ0) is 15.9. The molecule has 5 atom stereocenters. The van der Waals surface area contributed by atoms with Crippen molar-refractivity contribution in [2.45, 2.75) is 63.1 Å². The number of rotatable bonds is 3. The van der Waals surface area contributed by atoms with Gasteiger partial charge in [-0.2, -0.15) is 0 Å². The molecule has 1 aromatic carbocycles. The molecule has 3 aliphatic heterocycles. The van der Waals surface area contributed by atoms with Crippen molar-refractivity contribution in [1.82, 2.24) is 0 Å². The summed E-state index contributed by atoms with van der Waals surface area (Å²) in [5.74, 6) is -0.0618. The van der Waals surface area contributed by atoms with Crippen molar-refractivity contribution >= 4 is 0 Å². The minimum Gasteiger partial charge on any atom is -0.353 e. The number of fused-ring (bicyclic) bond motifs is 3. The minimum absolute atomic E-state index is 0.259. The standard InChI is InChI=1S/C19H26O4/c1-18-16(12-14-8-4-3-5-9-14)13-15-10-6-7-11-19(15,23-22-18)17(20-2)21-18/h3-5,8-9,15-17H,6-7,10-13H2,1-2H3/t15-,16?,17+,18-,19+/m1/s1. The Labute approximate surface area is 138 Å². The summed E-state index contributed by atoms with van der Waals surface area (Å²) in [6, 6.07) is 10.6. The molecule has 23 heavy (non-hydrogen) atoms. The second-order valence-corrected chi connectivity index (χ2v) is 7.39. The summed E-state index contributed by atoms with van der Waals surface area (Å²) in [5, 5.41) is 0. The number of hydrogen-bond acceptors (Lipinski definition) is 4. The van der Waals surface area contributed by atoms with E-state index in [9.17, 15) is 0 Å². The smallest absolute Gasteiger partial charge is 0.204 e. The van der Waals surface area contributed by atoms with Crippen molar-refractivity contribution in [2.24, 2.45) is 11.8 Å². The highest BCUT2D eigenvalue weighted by atomic mass is 17.3. The Hall–Kier alpha value is -0.940. The van der Waals surface area contributed by atoms with Gasteiger partial charge < -0.3 is 9.47 Å². The van der Waals surface area contributed by atoms with E-state index < -0.39 is 11.4 Å². The zero-order valence-corrected chi connectivity index (χ0v) is 14.0. The molecule has 5 rings (SSSR count). The molecule has 3 heterocycles. The van der Waals surface area contributed by atoms with Crippen molar-refractivity contribution in [2.75, 3.05) is 7.11 Å². The van der Waals surface area contributed by atoms with Crippen LogP contribution >= 0.6 is 0 Å². The van der Waals surface area contributed by atoms with E-state index >= 15 is 0 Å². The molecule has 1 aromatic rings. The van der Waals surface area contributed by atoms with E-state index in [1.54, 1.807) is 7.11 Å². The van der Waals surface area contributed by atoms with Gasteiger partial charge in [0.15, 0.2) is 11.9 Å². The van der Waals surface area contributed by atoms with Gasteiger partial charge >= 0.3 is 0 Å². The molecule has 4 heteroatoms. The van der Waals surface area contributed by atoms with Crippen LogP contribution in [-0.4, -0.2) is 24.8 Å². The van der Waals surface area contributed by atoms with Gasteiger partial charge in [-0.3, -0.25) is 0 Å². The third kappa shape index (κ3) is 2.52. The number of ether oxygens (including phenoxy) is 2. The van der Waals surface area contributed by atoms with E-state index in [0.29, 0.717) is 5.92 Å². The predicted molar refractivity (Wildman–Crippen MR) is 85.4 cm³/mol. The second-order valence-electron chi connectivity index (χ2n) is 7.39. The lowest BCUT2D eigenvalue weighted by Crippen LogP contribution is -2.60. The summed E-state index contributed by atoms with van der Waals surface area (Å²) < 4.78 is 12.0. The van der Waals surface area contributed by atoms with Crippen molar-refractivity contribution in [1.29, 1.82) is 0 Å². The molecular formula is C19H26O4. The summed E-state index contributed by atoms with van der Waals surface area (Å²) in [4.78, 5) is 11.9. The van der Waals surface area contributed by atoms with E-state index in [2.05, 4.69) is 30.3 Å². The molecule has 0 radical (unpaired) electrons. The third-order valence-corrected chi connectivity index (χ3v) is 6.01. The maximum absolute atomic E-state index is 6.32. The van der Waals surface area contributed by atoms with Crippen molar-refractivity contribution in [3.63, 3.8) is 0 Å². The van der Waals surface area contributed by atoms with Crippen molar-refractivity contribution in [3.05, 3.63) is 35.9 Å². The van der Waals surface area contributed by atoms with Crippen molar-refractivity contribution < 1.29 is 19.2 Å². The first-order chi connectivity index (χ1) is 11.2. The molecular weight excluding hydrogens is 292 g/mol. The Morgan fingerprint density at radius 2 is 2.00 bits per heavy atom. The maximum Gasteiger partial charge on any atom is 0.204 e. The highest BCUT2D eigenvalue weighted by Crippen LogP contribution is 2.54. The number of methoxy groups -OCH3 is 1. The highest BCUT2D eigenvalue weighted by molar-refractivity contribution is 5.16. The Balaban J connectivity index is 1.66. The molecule has 126 valence electrons. The lowest BCUT2D eigenvalue weighted by atomic mass is 9.70. The summed E-state index contributed by atoms with van der Waals surface area (Å²) >= 11 is 0. The molecule has 0 amide bonds. The molecule has 1 spiro atoms. The van der Waals surface area contributed by atoms with Crippen LogP contribution in [0.5, 0.6) is 0 Å². The molecule has 1 unspecified atom stereocenters. The van der Waals surface area contributed by atoms with Crippen LogP contribution in [0.3, 0.4) is 0 Å². The first-order valence-electron chi connectivity index (χ1n) is 8.78. The van der Waals surface area contributed by atoms with Crippen molar-refractivity contribution in [3.8, 4) is 0 Å². The van der Waals surface area contributed by atoms with E-state index in [1.165, 1.54) is 12.0 Å². The number of hydrogen-bond donors (Lipinski definition) is 0. The quantitative estimate of drug-likeness (QED) is 0.793. The Morgan fingerprint density at radius 3 is 2.78 bits per heavy atom. The van der Waals surface area contributed by atoms with Gasteiger partial charge in [0.05, 0.1) is 0 Å². The van der Waals surface area contributed by atoms with Crippen LogP contribution in [0.25, 0.3) is 0 Å². The number of benzene rings is 1. The zero-order valence-electron chi connectivity index (χ0n) is 14.0. The van der Waals surface area contributed by atoms with E-state index in [4.69, 9.17) is 19.2 Å². The molecule has 4 aliphatic rings. The van der Waals surface area contributed by atoms with Gasteiger partial charge in [0, 0.05) is 13.0 Å². The van der Waals surface area contributed by atoms with Crippen LogP contribution in [0.4, 0.5) is 0 Å². The Morgan fingerprint density at radius 1 is 1.17 bits per heavy atom. The van der Waals surface area contributed by atoms with Gasteiger partial charge in [-0.1, -0.05) is 43.2 Å². The SMILES string of the molecule is CO[C@H]1O[C@]2(C)OO[C@]13CCCC[C@@H]3CC2Cc1ccccc1. The summed E-state index contributed by atoms with van der Waals surface area (Å²) in [6.45, 7) is 2.00. The highest BCUT2D eigenvalue weighted by Gasteiger charge is 2.62. The maximum atomic E-state index is 6.32. The average Bonchev–Trinajstić information content (AvgIpc) is 2.77. The summed E-state index contributed by atoms with van der Waals surface area (Å²) in [7, 11) is 1.71. The molecule has 1 aliphatic carbocycles. The lowest BCUT2D eigenvalue weighted by Gasteiger charge is -2.49. The van der Waals surface area contributed by atoms with Gasteiger partial charge in [0.25, 0.3) is 0 Å². The first-order valence-corrected chi connectivity index (χ1v) is 8.78.